The van der Waals surface area contributed by atoms with Crippen molar-refractivity contribution in [3.8, 4) is 0 Å². The van der Waals surface area contributed by atoms with E-state index in [2.05, 4.69) is 11.7 Å². The molecule has 0 bridgehead atoms. The molecule has 1 rings (SSSR count). The van der Waals surface area contributed by atoms with E-state index in [1.807, 2.05) is 6.92 Å². The fourth-order valence-corrected chi connectivity index (χ4v) is 3.34. The molecule has 0 spiro atoms. The summed E-state index contributed by atoms with van der Waals surface area (Å²) < 4.78 is 15.2. The second-order valence-corrected chi connectivity index (χ2v) is 6.42. The molecule has 6 heteroatoms. The first kappa shape index (κ1) is 19.0. The molecule has 0 radical (unpaired) electrons. The van der Waals surface area contributed by atoms with E-state index in [0.29, 0.717) is 18.9 Å². The lowest BCUT2D eigenvalue weighted by Gasteiger charge is -2.11. The third kappa shape index (κ3) is 6.83. The van der Waals surface area contributed by atoms with E-state index in [4.69, 9.17) is 9.47 Å². The van der Waals surface area contributed by atoms with Gasteiger partial charge < -0.3 is 14.2 Å². The van der Waals surface area contributed by atoms with Gasteiger partial charge in [-0.15, -0.1) is 11.8 Å². The van der Waals surface area contributed by atoms with Crippen LogP contribution in [0.15, 0.2) is 10.7 Å². The highest BCUT2D eigenvalue weighted by molar-refractivity contribution is 8.03. The molecule has 0 N–H and O–H groups in total. The molecule has 0 saturated heterocycles. The fourth-order valence-electron chi connectivity index (χ4n) is 2.15. The van der Waals surface area contributed by atoms with Gasteiger partial charge in [0.25, 0.3) is 0 Å². The molecule has 0 amide bonds. The second-order valence-electron chi connectivity index (χ2n) is 5.28. The number of rotatable bonds is 10. The van der Waals surface area contributed by atoms with Crippen LogP contribution in [0.5, 0.6) is 0 Å². The zero-order valence-corrected chi connectivity index (χ0v) is 14.5. The molecule has 1 aliphatic carbocycles. The summed E-state index contributed by atoms with van der Waals surface area (Å²) in [5.74, 6) is 1.70. The Balaban J connectivity index is 2.31. The predicted molar refractivity (Wildman–Crippen MR) is 86.3 cm³/mol. The van der Waals surface area contributed by atoms with Gasteiger partial charge in [-0.1, -0.05) is 13.8 Å². The van der Waals surface area contributed by atoms with Gasteiger partial charge in [-0.2, -0.15) is 0 Å². The van der Waals surface area contributed by atoms with Crippen LogP contribution in [0.4, 0.5) is 0 Å². The van der Waals surface area contributed by atoms with E-state index in [0.717, 1.165) is 37.2 Å². The average molecular weight is 330 g/mol. The average Bonchev–Trinajstić information content (AvgIpc) is 2.83. The maximum Gasteiger partial charge on any atom is 0.331 e. The normalized spacial score (nSPS) is 17.7. The van der Waals surface area contributed by atoms with E-state index in [1.165, 1.54) is 12.0 Å². The van der Waals surface area contributed by atoms with Crippen molar-refractivity contribution in [2.45, 2.75) is 46.0 Å². The van der Waals surface area contributed by atoms with Crippen molar-refractivity contribution >= 4 is 23.7 Å². The van der Waals surface area contributed by atoms with Crippen molar-refractivity contribution in [3.05, 3.63) is 10.7 Å². The SMILES string of the molecule is CCCC(=O)OC1=C(SCCCOCC(=O)OC)C(C)CC1. The van der Waals surface area contributed by atoms with Crippen LogP contribution in [-0.4, -0.2) is 38.0 Å². The molecule has 0 aromatic rings. The first-order valence-corrected chi connectivity index (χ1v) is 8.78. The summed E-state index contributed by atoms with van der Waals surface area (Å²) >= 11 is 1.73. The minimum absolute atomic E-state index is 0.000145. The van der Waals surface area contributed by atoms with Crippen LogP contribution in [0.2, 0.25) is 0 Å². The zero-order chi connectivity index (χ0) is 16.4. The molecule has 0 saturated carbocycles. The third-order valence-corrected chi connectivity index (χ3v) is 4.79. The Labute approximate surface area is 136 Å². The number of esters is 2. The van der Waals surface area contributed by atoms with E-state index >= 15 is 0 Å². The fraction of sp³-hybridized carbons (Fsp3) is 0.750. The van der Waals surface area contributed by atoms with Crippen molar-refractivity contribution in [3.63, 3.8) is 0 Å². The van der Waals surface area contributed by atoms with Crippen molar-refractivity contribution in [2.75, 3.05) is 26.1 Å². The molecule has 0 aliphatic heterocycles. The van der Waals surface area contributed by atoms with Crippen LogP contribution >= 0.6 is 11.8 Å². The van der Waals surface area contributed by atoms with Crippen LogP contribution in [0.3, 0.4) is 0 Å². The van der Waals surface area contributed by atoms with E-state index in [9.17, 15) is 9.59 Å². The molecule has 1 unspecified atom stereocenters. The van der Waals surface area contributed by atoms with Gasteiger partial charge in [-0.25, -0.2) is 4.79 Å². The minimum Gasteiger partial charge on any atom is -0.467 e. The highest BCUT2D eigenvalue weighted by atomic mass is 32.2. The number of allylic oxidation sites excluding steroid dienone is 2. The Hall–Kier alpha value is -1.01. The molecular weight excluding hydrogens is 304 g/mol. The Kier molecular flexibility index (Phi) is 9.24. The van der Waals surface area contributed by atoms with Crippen molar-refractivity contribution in [2.24, 2.45) is 5.92 Å². The van der Waals surface area contributed by atoms with Gasteiger partial charge in [0.15, 0.2) is 0 Å². The summed E-state index contributed by atoms with van der Waals surface area (Å²) in [7, 11) is 1.34. The molecule has 22 heavy (non-hydrogen) atoms. The van der Waals surface area contributed by atoms with Gasteiger partial charge in [-0.05, 0) is 25.2 Å². The summed E-state index contributed by atoms with van der Waals surface area (Å²) in [5, 5.41) is 0. The van der Waals surface area contributed by atoms with Gasteiger partial charge in [0, 0.05) is 30.1 Å². The third-order valence-electron chi connectivity index (χ3n) is 3.36. The number of hydrogen-bond donors (Lipinski definition) is 0. The molecule has 1 aliphatic rings. The Bertz CT molecular complexity index is 405. The number of ether oxygens (including phenoxy) is 3. The highest BCUT2D eigenvalue weighted by Gasteiger charge is 2.25. The lowest BCUT2D eigenvalue weighted by atomic mass is 10.2. The Morgan fingerprint density at radius 3 is 2.77 bits per heavy atom. The quantitative estimate of drug-likeness (QED) is 0.452. The number of carbonyl (C=O) groups is 2. The van der Waals surface area contributed by atoms with E-state index in [1.54, 1.807) is 11.8 Å². The lowest BCUT2D eigenvalue weighted by Crippen LogP contribution is -2.11. The van der Waals surface area contributed by atoms with Crippen molar-refractivity contribution in [1.29, 1.82) is 0 Å². The number of carbonyl (C=O) groups excluding carboxylic acids is 2. The standard InChI is InChI=1S/C16H26O5S/c1-4-6-14(17)21-13-8-7-12(2)16(13)22-10-5-9-20-11-15(18)19-3/h12H,4-11H2,1-3H3. The van der Waals surface area contributed by atoms with Crippen LogP contribution in [-0.2, 0) is 23.8 Å². The summed E-state index contributed by atoms with van der Waals surface area (Å²) in [6.45, 7) is 4.66. The van der Waals surface area contributed by atoms with Gasteiger partial charge in [0.1, 0.15) is 12.4 Å². The molecule has 5 nitrogen and oxygen atoms in total. The predicted octanol–water partition coefficient (Wildman–Crippen LogP) is 3.28. The van der Waals surface area contributed by atoms with Gasteiger partial charge >= 0.3 is 11.9 Å². The molecule has 0 fully saturated rings. The van der Waals surface area contributed by atoms with Gasteiger partial charge in [0.05, 0.1) is 7.11 Å². The molecule has 126 valence electrons. The lowest BCUT2D eigenvalue weighted by molar-refractivity contribution is -0.145. The van der Waals surface area contributed by atoms with Crippen LogP contribution < -0.4 is 0 Å². The minimum atomic E-state index is -0.357. The first-order valence-electron chi connectivity index (χ1n) is 7.79. The van der Waals surface area contributed by atoms with Crippen LogP contribution in [0, 0.1) is 5.92 Å². The summed E-state index contributed by atoms with van der Waals surface area (Å²) in [5.41, 5.74) is 0. The highest BCUT2D eigenvalue weighted by Crippen LogP contribution is 2.39. The Morgan fingerprint density at radius 2 is 2.09 bits per heavy atom. The van der Waals surface area contributed by atoms with Crippen molar-refractivity contribution in [1.82, 2.24) is 0 Å². The zero-order valence-electron chi connectivity index (χ0n) is 13.7. The topological polar surface area (TPSA) is 61.8 Å². The van der Waals surface area contributed by atoms with Gasteiger partial charge in [-0.3, -0.25) is 4.79 Å². The second kappa shape index (κ2) is 10.7. The van der Waals surface area contributed by atoms with Crippen LogP contribution in [0.1, 0.15) is 46.0 Å². The van der Waals surface area contributed by atoms with Gasteiger partial charge in [0.2, 0.25) is 0 Å². The molecule has 0 heterocycles. The molecule has 0 aromatic heterocycles. The molecular formula is C16H26O5S. The smallest absolute Gasteiger partial charge is 0.331 e. The molecule has 0 aromatic carbocycles. The summed E-state index contributed by atoms with van der Waals surface area (Å²) in [6.07, 6.45) is 4.00. The maximum absolute atomic E-state index is 11.6. The maximum atomic E-state index is 11.6. The molecule has 1 atom stereocenters. The van der Waals surface area contributed by atoms with Crippen molar-refractivity contribution < 1.29 is 23.8 Å². The monoisotopic (exact) mass is 330 g/mol. The van der Waals surface area contributed by atoms with E-state index in [-0.39, 0.29) is 18.5 Å². The number of hydrogen-bond acceptors (Lipinski definition) is 6. The Morgan fingerprint density at radius 1 is 1.32 bits per heavy atom. The summed E-state index contributed by atoms with van der Waals surface area (Å²) in [4.78, 5) is 23.7. The largest absolute Gasteiger partial charge is 0.467 e. The first-order chi connectivity index (χ1) is 10.6. The number of thioether (sulfide) groups is 1. The van der Waals surface area contributed by atoms with E-state index < -0.39 is 0 Å². The summed E-state index contributed by atoms with van der Waals surface area (Å²) in [6, 6.07) is 0. The number of methoxy groups -OCH3 is 1. The van der Waals surface area contributed by atoms with Crippen LogP contribution in [0.25, 0.3) is 0 Å².